The van der Waals surface area contributed by atoms with Crippen molar-refractivity contribution in [3.05, 3.63) is 24.3 Å². The molecule has 100 valence electrons. The highest BCUT2D eigenvalue weighted by Crippen LogP contribution is 2.22. The fourth-order valence-corrected chi connectivity index (χ4v) is 5.12. The van der Waals surface area contributed by atoms with Crippen LogP contribution in [0.4, 0.5) is 0 Å². The van der Waals surface area contributed by atoms with Crippen LogP contribution in [0.15, 0.2) is 24.3 Å². The average Bonchev–Trinajstić information content (AvgIpc) is 2.28. The Balaban J connectivity index is 2.62. The predicted molar refractivity (Wildman–Crippen MR) is 78.7 cm³/mol. The molecule has 0 saturated carbocycles. The average molecular weight is 264 g/mol. The molecule has 0 unspecified atom stereocenters. The lowest BCUT2D eigenvalue weighted by Crippen LogP contribution is -2.25. The van der Waals surface area contributed by atoms with Gasteiger partial charge < -0.3 is 8.53 Å². The van der Waals surface area contributed by atoms with E-state index in [0.717, 1.165) is 23.3 Å². The van der Waals surface area contributed by atoms with E-state index in [2.05, 4.69) is 27.7 Å². The topological polar surface area (TPSA) is 18.5 Å². The van der Waals surface area contributed by atoms with Gasteiger partial charge in [-0.15, -0.1) is 0 Å². The van der Waals surface area contributed by atoms with Crippen LogP contribution in [0.2, 0.25) is 10.6 Å². The van der Waals surface area contributed by atoms with E-state index in [0.29, 0.717) is 0 Å². The summed E-state index contributed by atoms with van der Waals surface area (Å²) in [5.41, 5.74) is 0. The third-order valence-corrected chi connectivity index (χ3v) is 6.37. The number of hydrogen-bond acceptors (Lipinski definition) is 2. The van der Waals surface area contributed by atoms with Gasteiger partial charge in [0.25, 0.3) is 0 Å². The molecule has 3 heteroatoms. The Labute approximate surface area is 116 Å². The fraction of sp³-hybridized carbons (Fsp3) is 0.600. The van der Waals surface area contributed by atoms with Gasteiger partial charge in [-0.25, -0.2) is 0 Å². The molecule has 0 fully saturated rings. The van der Waals surface area contributed by atoms with Crippen molar-refractivity contribution < 1.29 is 8.53 Å². The monoisotopic (exact) mass is 264 g/mol. The van der Waals surface area contributed by atoms with Gasteiger partial charge >= 0.3 is 14.5 Å². The van der Waals surface area contributed by atoms with Gasteiger partial charge in [0, 0.05) is 0 Å². The SMILES string of the molecule is COc1ccc([O][Al]([CH2]C(C)C)[CH2]C(C)C)cc1. The Hall–Kier alpha value is -0.648. The first-order chi connectivity index (χ1) is 8.51. The molecule has 0 saturated heterocycles. The van der Waals surface area contributed by atoms with E-state index in [1.165, 1.54) is 10.6 Å². The molecule has 1 rings (SSSR count). The van der Waals surface area contributed by atoms with Crippen LogP contribution in [-0.4, -0.2) is 21.6 Å². The van der Waals surface area contributed by atoms with Crippen LogP contribution in [0, 0.1) is 11.8 Å². The Morgan fingerprint density at radius 3 is 1.72 bits per heavy atom. The van der Waals surface area contributed by atoms with E-state index in [-0.39, 0.29) is 0 Å². The van der Waals surface area contributed by atoms with Gasteiger partial charge in [0.15, 0.2) is 0 Å². The molecule has 0 bridgehead atoms. The summed E-state index contributed by atoms with van der Waals surface area (Å²) in [6.07, 6.45) is 0. The summed E-state index contributed by atoms with van der Waals surface area (Å²) in [6, 6.07) is 7.95. The van der Waals surface area contributed by atoms with Gasteiger partial charge in [-0.2, -0.15) is 0 Å². The highest BCUT2D eigenvalue weighted by molar-refractivity contribution is 6.52. The van der Waals surface area contributed by atoms with Crippen molar-refractivity contribution in [1.29, 1.82) is 0 Å². The van der Waals surface area contributed by atoms with Crippen LogP contribution < -0.4 is 8.53 Å². The second kappa shape index (κ2) is 7.71. The van der Waals surface area contributed by atoms with E-state index in [4.69, 9.17) is 8.53 Å². The summed E-state index contributed by atoms with van der Waals surface area (Å²) in [6.45, 7) is 9.10. The van der Waals surface area contributed by atoms with Crippen molar-refractivity contribution in [1.82, 2.24) is 0 Å². The molecule has 0 spiro atoms. The number of benzene rings is 1. The fourth-order valence-electron chi connectivity index (χ4n) is 2.09. The minimum Gasteiger partial charge on any atom is -0.643 e. The van der Waals surface area contributed by atoms with Crippen molar-refractivity contribution in [2.45, 2.75) is 38.3 Å². The second-order valence-corrected chi connectivity index (χ2v) is 8.10. The largest absolute Gasteiger partial charge is 0.643 e. The van der Waals surface area contributed by atoms with Crippen LogP contribution in [-0.2, 0) is 0 Å². The van der Waals surface area contributed by atoms with Crippen molar-refractivity contribution in [3.63, 3.8) is 0 Å². The standard InChI is InChI=1S/C7H8O2.2C4H9.Al/c1-9-7-4-2-6(8)3-5-7;2*1-4(2)3;/h2-5,8H,1H3;2*4H,1H2,2-3H3;/q;;;+1/p-1. The Kier molecular flexibility index (Phi) is 6.60. The third-order valence-electron chi connectivity index (χ3n) is 2.83. The van der Waals surface area contributed by atoms with E-state index in [1.807, 2.05) is 24.3 Å². The number of methoxy groups -OCH3 is 1. The van der Waals surface area contributed by atoms with E-state index in [9.17, 15) is 0 Å². The summed E-state index contributed by atoms with van der Waals surface area (Å²) in [5.74, 6) is 3.32. The van der Waals surface area contributed by atoms with Gasteiger partial charge in [0.1, 0.15) is 5.75 Å². The zero-order chi connectivity index (χ0) is 13.5. The molecule has 0 heterocycles. The molecular formula is C15H25AlO2. The Morgan fingerprint density at radius 1 is 0.889 bits per heavy atom. The molecule has 1 aromatic rings. The van der Waals surface area contributed by atoms with Gasteiger partial charge in [-0.05, 0) is 24.3 Å². The van der Waals surface area contributed by atoms with Crippen LogP contribution in [0.1, 0.15) is 27.7 Å². The molecule has 0 aliphatic rings. The summed E-state index contributed by atoms with van der Waals surface area (Å²) in [5, 5.41) is 2.48. The molecular weight excluding hydrogens is 239 g/mol. The Morgan fingerprint density at radius 2 is 1.33 bits per heavy atom. The van der Waals surface area contributed by atoms with Gasteiger partial charge in [0.2, 0.25) is 0 Å². The highest BCUT2D eigenvalue weighted by atomic mass is 27.2. The van der Waals surface area contributed by atoms with Crippen LogP contribution >= 0.6 is 0 Å². The first-order valence-corrected chi connectivity index (χ1v) is 8.92. The van der Waals surface area contributed by atoms with E-state index in [1.54, 1.807) is 7.11 Å². The van der Waals surface area contributed by atoms with Crippen LogP contribution in [0.25, 0.3) is 0 Å². The summed E-state index contributed by atoms with van der Waals surface area (Å²) in [7, 11) is 1.69. The summed E-state index contributed by atoms with van der Waals surface area (Å²) in [4.78, 5) is 0. The maximum absolute atomic E-state index is 6.22. The third kappa shape index (κ3) is 5.80. The molecule has 0 atom stereocenters. The second-order valence-electron chi connectivity index (χ2n) is 5.67. The molecule has 0 aliphatic carbocycles. The number of rotatable bonds is 7. The number of ether oxygens (including phenoxy) is 1. The number of hydrogen-bond donors (Lipinski definition) is 0. The minimum atomic E-state index is -1.14. The van der Waals surface area contributed by atoms with Gasteiger partial charge in [-0.3, -0.25) is 0 Å². The van der Waals surface area contributed by atoms with Gasteiger partial charge in [0.05, 0.1) is 12.9 Å². The molecule has 0 radical (unpaired) electrons. The quantitative estimate of drug-likeness (QED) is 0.680. The maximum Gasteiger partial charge on any atom is 0.547 e. The summed E-state index contributed by atoms with van der Waals surface area (Å²) < 4.78 is 11.4. The maximum atomic E-state index is 6.22. The molecule has 1 aromatic carbocycles. The molecule has 18 heavy (non-hydrogen) atoms. The van der Waals surface area contributed by atoms with Crippen molar-refractivity contribution in [3.8, 4) is 11.5 Å². The molecule has 0 aromatic heterocycles. The normalized spacial score (nSPS) is 10.8. The molecule has 0 N–H and O–H groups in total. The highest BCUT2D eigenvalue weighted by Gasteiger charge is 2.26. The lowest BCUT2D eigenvalue weighted by Gasteiger charge is -2.18. The Bertz CT molecular complexity index is 323. The van der Waals surface area contributed by atoms with Crippen LogP contribution in [0.5, 0.6) is 11.5 Å². The lowest BCUT2D eigenvalue weighted by atomic mass is 10.3. The predicted octanol–water partition coefficient (Wildman–Crippen LogP) is 4.38. The summed E-state index contributed by atoms with van der Waals surface area (Å²) >= 11 is -1.14. The first kappa shape index (κ1) is 15.4. The van der Waals surface area contributed by atoms with Crippen molar-refractivity contribution in [2.75, 3.05) is 7.11 Å². The molecule has 0 aliphatic heterocycles. The van der Waals surface area contributed by atoms with Crippen LogP contribution in [0.3, 0.4) is 0 Å². The smallest absolute Gasteiger partial charge is 0.547 e. The van der Waals surface area contributed by atoms with Crippen molar-refractivity contribution in [2.24, 2.45) is 11.8 Å². The molecule has 0 amide bonds. The van der Waals surface area contributed by atoms with Crippen molar-refractivity contribution >= 4 is 14.5 Å². The first-order valence-electron chi connectivity index (χ1n) is 6.82. The lowest BCUT2D eigenvalue weighted by molar-refractivity contribution is 0.414. The van der Waals surface area contributed by atoms with Gasteiger partial charge in [-0.1, -0.05) is 50.1 Å². The van der Waals surface area contributed by atoms with E-state index < -0.39 is 14.5 Å². The zero-order valence-electron chi connectivity index (χ0n) is 12.3. The van der Waals surface area contributed by atoms with E-state index >= 15 is 0 Å². The minimum absolute atomic E-state index is 0.721. The molecule has 2 nitrogen and oxygen atoms in total. The zero-order valence-corrected chi connectivity index (χ0v) is 13.4.